The van der Waals surface area contributed by atoms with Crippen LogP contribution < -0.4 is 0 Å². The Labute approximate surface area is 163 Å². The van der Waals surface area contributed by atoms with Crippen molar-refractivity contribution in [3.63, 3.8) is 0 Å². The number of benzene rings is 3. The maximum Gasteiger partial charge on any atom is 0.121 e. The Bertz CT molecular complexity index is 1090. The minimum absolute atomic E-state index is 0.223. The van der Waals surface area contributed by atoms with Gasteiger partial charge in [-0.2, -0.15) is 0 Å². The highest BCUT2D eigenvalue weighted by atomic mass is 35.5. The van der Waals surface area contributed by atoms with E-state index in [2.05, 4.69) is 36.6 Å². The van der Waals surface area contributed by atoms with Crippen LogP contribution in [0.3, 0.4) is 0 Å². The second-order valence-corrected chi connectivity index (χ2v) is 7.44. The van der Waals surface area contributed by atoms with Gasteiger partial charge in [0.2, 0.25) is 0 Å². The number of aromatic nitrogens is 2. The molecule has 0 aliphatic carbocycles. The van der Waals surface area contributed by atoms with Gasteiger partial charge in [0.15, 0.2) is 0 Å². The van der Waals surface area contributed by atoms with Crippen molar-refractivity contribution in [1.82, 2.24) is 9.55 Å². The van der Waals surface area contributed by atoms with Crippen molar-refractivity contribution in [3.05, 3.63) is 94.8 Å². The molecule has 4 rings (SSSR count). The summed E-state index contributed by atoms with van der Waals surface area (Å²) in [6.07, 6.45) is 0. The van der Waals surface area contributed by atoms with Crippen LogP contribution in [0.25, 0.3) is 11.0 Å². The van der Waals surface area contributed by atoms with Gasteiger partial charge in [-0.05, 0) is 35.9 Å². The van der Waals surface area contributed by atoms with Crippen LogP contribution in [-0.2, 0) is 0 Å². The second kappa shape index (κ2) is 7.09. The molecule has 0 radical (unpaired) electrons. The SMILES string of the molecule is CC(C)c1nc2ccccc2n1C(c1ccccc1)c1cc(Cl)ccc1O. The summed E-state index contributed by atoms with van der Waals surface area (Å²) < 4.78 is 2.22. The third kappa shape index (κ3) is 3.19. The van der Waals surface area contributed by atoms with Gasteiger partial charge in [-0.1, -0.05) is 67.9 Å². The lowest BCUT2D eigenvalue weighted by Gasteiger charge is -2.25. The van der Waals surface area contributed by atoms with Crippen molar-refractivity contribution in [2.45, 2.75) is 25.8 Å². The molecule has 0 aliphatic rings. The summed E-state index contributed by atoms with van der Waals surface area (Å²) in [6.45, 7) is 4.27. The molecule has 0 bridgehead atoms. The smallest absolute Gasteiger partial charge is 0.121 e. The standard InChI is InChI=1S/C23H21ClN2O/c1-15(2)23-25-19-10-6-7-11-20(19)26(23)22(16-8-4-3-5-9-16)18-14-17(24)12-13-21(18)27/h3-15,22,27H,1-2H3. The number of hydrogen-bond donors (Lipinski definition) is 1. The molecule has 0 aliphatic heterocycles. The van der Waals surface area contributed by atoms with E-state index in [1.54, 1.807) is 12.1 Å². The van der Waals surface area contributed by atoms with Crippen LogP contribution in [-0.4, -0.2) is 14.7 Å². The average molecular weight is 377 g/mol. The van der Waals surface area contributed by atoms with E-state index in [0.717, 1.165) is 28.0 Å². The van der Waals surface area contributed by atoms with Crippen LogP contribution in [0.1, 0.15) is 42.8 Å². The zero-order valence-electron chi connectivity index (χ0n) is 15.3. The molecule has 0 fully saturated rings. The fraction of sp³-hybridized carbons (Fsp3) is 0.174. The molecular formula is C23H21ClN2O. The number of halogens is 1. The van der Waals surface area contributed by atoms with E-state index >= 15 is 0 Å². The van der Waals surface area contributed by atoms with E-state index in [1.807, 2.05) is 42.5 Å². The molecule has 0 spiro atoms. The Morgan fingerprint density at radius 1 is 0.926 bits per heavy atom. The third-order valence-electron chi connectivity index (χ3n) is 4.80. The summed E-state index contributed by atoms with van der Waals surface area (Å²) >= 11 is 6.29. The Morgan fingerprint density at radius 2 is 1.63 bits per heavy atom. The van der Waals surface area contributed by atoms with Gasteiger partial charge in [-0.25, -0.2) is 4.98 Å². The van der Waals surface area contributed by atoms with Gasteiger partial charge in [0, 0.05) is 16.5 Å². The minimum Gasteiger partial charge on any atom is -0.508 e. The van der Waals surface area contributed by atoms with Gasteiger partial charge >= 0.3 is 0 Å². The highest BCUT2D eigenvalue weighted by molar-refractivity contribution is 6.30. The normalized spacial score (nSPS) is 12.6. The van der Waals surface area contributed by atoms with E-state index < -0.39 is 0 Å². The molecule has 1 heterocycles. The Balaban J connectivity index is 2.08. The molecule has 1 unspecified atom stereocenters. The first kappa shape index (κ1) is 17.6. The summed E-state index contributed by atoms with van der Waals surface area (Å²) in [5, 5.41) is 11.3. The summed E-state index contributed by atoms with van der Waals surface area (Å²) in [6, 6.07) is 23.3. The lowest BCUT2D eigenvalue weighted by Crippen LogP contribution is -2.16. The van der Waals surface area contributed by atoms with Gasteiger partial charge in [-0.3, -0.25) is 0 Å². The first-order valence-corrected chi connectivity index (χ1v) is 9.44. The number of rotatable bonds is 4. The van der Waals surface area contributed by atoms with Gasteiger partial charge in [0.05, 0.1) is 17.1 Å². The van der Waals surface area contributed by atoms with Crippen LogP contribution >= 0.6 is 11.6 Å². The summed E-state index contributed by atoms with van der Waals surface area (Å²) in [7, 11) is 0. The molecule has 0 saturated carbocycles. The molecule has 1 atom stereocenters. The number of phenols is 1. The molecule has 1 aromatic heterocycles. The second-order valence-electron chi connectivity index (χ2n) is 7.00. The monoisotopic (exact) mass is 376 g/mol. The highest BCUT2D eigenvalue weighted by Crippen LogP contribution is 2.38. The van der Waals surface area contributed by atoms with Gasteiger partial charge in [-0.15, -0.1) is 0 Å². The minimum atomic E-state index is -0.227. The topological polar surface area (TPSA) is 38.0 Å². The predicted molar refractivity (Wildman–Crippen MR) is 111 cm³/mol. The molecule has 4 heteroatoms. The first-order chi connectivity index (χ1) is 13.1. The third-order valence-corrected chi connectivity index (χ3v) is 5.03. The molecule has 136 valence electrons. The van der Waals surface area contributed by atoms with E-state index in [0.29, 0.717) is 5.02 Å². The largest absolute Gasteiger partial charge is 0.508 e. The van der Waals surface area contributed by atoms with Crippen molar-refractivity contribution in [3.8, 4) is 5.75 Å². The van der Waals surface area contributed by atoms with Gasteiger partial charge in [0.25, 0.3) is 0 Å². The maximum absolute atomic E-state index is 10.7. The quantitative estimate of drug-likeness (QED) is 0.463. The van der Waals surface area contributed by atoms with Crippen LogP contribution in [0, 0.1) is 0 Å². The summed E-state index contributed by atoms with van der Waals surface area (Å²) in [5.41, 5.74) is 3.82. The lowest BCUT2D eigenvalue weighted by molar-refractivity contribution is 0.459. The Morgan fingerprint density at radius 3 is 2.37 bits per heavy atom. The van der Waals surface area contributed by atoms with Gasteiger partial charge in [0.1, 0.15) is 11.6 Å². The predicted octanol–water partition coefficient (Wildman–Crippen LogP) is 6.16. The number of hydrogen-bond acceptors (Lipinski definition) is 2. The van der Waals surface area contributed by atoms with Crippen molar-refractivity contribution in [2.24, 2.45) is 0 Å². The molecular weight excluding hydrogens is 356 g/mol. The molecule has 1 N–H and O–H groups in total. The van der Waals surface area contributed by atoms with Crippen molar-refractivity contribution in [2.75, 3.05) is 0 Å². The molecule has 3 nitrogen and oxygen atoms in total. The fourth-order valence-corrected chi connectivity index (χ4v) is 3.77. The van der Waals surface area contributed by atoms with Crippen LogP contribution in [0.5, 0.6) is 5.75 Å². The summed E-state index contributed by atoms with van der Waals surface area (Å²) in [5.74, 6) is 1.43. The molecule has 0 saturated heterocycles. The number of para-hydroxylation sites is 2. The van der Waals surface area contributed by atoms with E-state index in [1.165, 1.54) is 0 Å². The number of fused-ring (bicyclic) bond motifs is 1. The summed E-state index contributed by atoms with van der Waals surface area (Å²) in [4.78, 5) is 4.88. The average Bonchev–Trinajstić information content (AvgIpc) is 3.06. The number of imidazole rings is 1. The van der Waals surface area contributed by atoms with Gasteiger partial charge < -0.3 is 9.67 Å². The number of aromatic hydroxyl groups is 1. The fourth-order valence-electron chi connectivity index (χ4n) is 3.59. The van der Waals surface area contributed by atoms with Crippen molar-refractivity contribution >= 4 is 22.6 Å². The van der Waals surface area contributed by atoms with Crippen LogP contribution in [0.4, 0.5) is 0 Å². The number of nitrogens with zero attached hydrogens (tertiary/aromatic N) is 2. The van der Waals surface area contributed by atoms with E-state index in [9.17, 15) is 5.11 Å². The highest BCUT2D eigenvalue weighted by Gasteiger charge is 2.26. The lowest BCUT2D eigenvalue weighted by atomic mass is 9.96. The van der Waals surface area contributed by atoms with Crippen molar-refractivity contribution in [1.29, 1.82) is 0 Å². The molecule has 0 amide bonds. The zero-order valence-corrected chi connectivity index (χ0v) is 16.1. The molecule has 3 aromatic carbocycles. The van der Waals surface area contributed by atoms with Crippen LogP contribution in [0.15, 0.2) is 72.8 Å². The zero-order chi connectivity index (χ0) is 19.0. The Hall–Kier alpha value is -2.78. The molecule has 27 heavy (non-hydrogen) atoms. The Kier molecular flexibility index (Phi) is 4.63. The molecule has 4 aromatic rings. The number of phenolic OH excluding ortho intramolecular Hbond substituents is 1. The maximum atomic E-state index is 10.7. The van der Waals surface area contributed by atoms with E-state index in [4.69, 9.17) is 16.6 Å². The first-order valence-electron chi connectivity index (χ1n) is 9.06. The van der Waals surface area contributed by atoms with Crippen molar-refractivity contribution < 1.29 is 5.11 Å². The van der Waals surface area contributed by atoms with E-state index in [-0.39, 0.29) is 17.7 Å². The van der Waals surface area contributed by atoms with Crippen LogP contribution in [0.2, 0.25) is 5.02 Å².